The predicted octanol–water partition coefficient (Wildman–Crippen LogP) is 1.77. The molecule has 0 aliphatic carbocycles. The van der Waals surface area contributed by atoms with Crippen LogP contribution in [0.15, 0.2) is 23.1 Å². The van der Waals surface area contributed by atoms with Crippen LogP contribution in [0.4, 0.5) is 0 Å². The van der Waals surface area contributed by atoms with Crippen LogP contribution in [-0.2, 0) is 7.05 Å². The minimum atomic E-state index is -0.145. The van der Waals surface area contributed by atoms with E-state index in [9.17, 15) is 9.59 Å². The van der Waals surface area contributed by atoms with Gasteiger partial charge < -0.3 is 9.47 Å². The topological polar surface area (TPSA) is 42.3 Å². The number of aromatic nitrogens is 1. The van der Waals surface area contributed by atoms with Crippen molar-refractivity contribution in [1.82, 2.24) is 9.47 Å². The van der Waals surface area contributed by atoms with Crippen molar-refractivity contribution in [2.75, 3.05) is 11.9 Å². The molecule has 98 valence electrons. The largest absolute Gasteiger partial charge is 0.335 e. The highest BCUT2D eigenvalue weighted by atomic mass is 79.9. The third-order valence-electron chi connectivity index (χ3n) is 3.42. The van der Waals surface area contributed by atoms with Crippen LogP contribution in [0.2, 0.25) is 0 Å². The van der Waals surface area contributed by atoms with Gasteiger partial charge >= 0.3 is 0 Å². The van der Waals surface area contributed by atoms with Crippen molar-refractivity contribution in [2.24, 2.45) is 7.05 Å². The van der Waals surface area contributed by atoms with E-state index in [4.69, 9.17) is 0 Å². The molecule has 0 saturated carbocycles. The molecule has 0 bridgehead atoms. The van der Waals surface area contributed by atoms with E-state index in [0.29, 0.717) is 5.56 Å². The second-order valence-electron chi connectivity index (χ2n) is 4.67. The fourth-order valence-corrected chi connectivity index (χ4v) is 2.95. The Morgan fingerprint density at radius 3 is 2.94 bits per heavy atom. The fraction of sp³-hybridized carbons (Fsp3) is 0.538. The second-order valence-corrected chi connectivity index (χ2v) is 5.31. The molecule has 1 saturated heterocycles. The smallest absolute Gasteiger partial charge is 0.254 e. The second kappa shape index (κ2) is 5.69. The van der Waals surface area contributed by atoms with Crippen LogP contribution in [0.5, 0.6) is 0 Å². The summed E-state index contributed by atoms with van der Waals surface area (Å²) in [6.07, 6.45) is 4.88. The Bertz CT molecular complexity index is 498. The van der Waals surface area contributed by atoms with E-state index in [-0.39, 0.29) is 17.5 Å². The SMILES string of the molecule is Cn1ccc(C(=O)N2CCCCC2CBr)cc1=O. The summed E-state index contributed by atoms with van der Waals surface area (Å²) in [5.41, 5.74) is 0.346. The highest BCUT2D eigenvalue weighted by Gasteiger charge is 2.26. The van der Waals surface area contributed by atoms with Gasteiger partial charge in [-0.2, -0.15) is 0 Å². The van der Waals surface area contributed by atoms with Gasteiger partial charge in [-0.1, -0.05) is 15.9 Å². The lowest BCUT2D eigenvalue weighted by molar-refractivity contribution is 0.0641. The van der Waals surface area contributed by atoms with Gasteiger partial charge in [-0.05, 0) is 25.3 Å². The summed E-state index contributed by atoms with van der Waals surface area (Å²) in [5.74, 6) is -0.0307. The minimum Gasteiger partial charge on any atom is -0.335 e. The fourth-order valence-electron chi connectivity index (χ4n) is 2.28. The van der Waals surface area contributed by atoms with Gasteiger partial charge in [0.1, 0.15) is 0 Å². The van der Waals surface area contributed by atoms with E-state index in [1.807, 2.05) is 4.90 Å². The number of nitrogens with zero attached hydrogens (tertiary/aromatic N) is 2. The lowest BCUT2D eigenvalue weighted by Gasteiger charge is -2.34. The number of piperidine rings is 1. The average molecular weight is 313 g/mol. The van der Waals surface area contributed by atoms with Gasteiger partial charge in [0, 0.05) is 42.8 Å². The zero-order valence-corrected chi connectivity index (χ0v) is 12.0. The maximum absolute atomic E-state index is 12.4. The molecule has 2 rings (SSSR count). The molecule has 1 aromatic rings. The number of rotatable bonds is 2. The summed E-state index contributed by atoms with van der Waals surface area (Å²) in [5, 5.41) is 0.795. The number of aryl methyl sites for hydroxylation is 1. The third kappa shape index (κ3) is 2.66. The number of carbonyl (C=O) groups excluding carboxylic acids is 1. The molecule has 1 unspecified atom stereocenters. The van der Waals surface area contributed by atoms with Gasteiger partial charge in [-0.25, -0.2) is 0 Å². The number of pyridine rings is 1. The first-order valence-corrected chi connectivity index (χ1v) is 7.29. The first-order valence-electron chi connectivity index (χ1n) is 6.17. The van der Waals surface area contributed by atoms with Crippen LogP contribution in [0, 0.1) is 0 Å². The van der Waals surface area contributed by atoms with Crippen LogP contribution in [0.3, 0.4) is 0 Å². The van der Waals surface area contributed by atoms with E-state index in [1.54, 1.807) is 19.3 Å². The summed E-state index contributed by atoms with van der Waals surface area (Å²) in [6.45, 7) is 0.782. The molecule has 0 radical (unpaired) electrons. The Morgan fingerprint density at radius 1 is 1.50 bits per heavy atom. The third-order valence-corrected chi connectivity index (χ3v) is 4.16. The minimum absolute atomic E-state index is 0.0307. The van der Waals surface area contributed by atoms with Gasteiger partial charge in [0.2, 0.25) is 0 Å². The molecule has 1 aliphatic heterocycles. The summed E-state index contributed by atoms with van der Waals surface area (Å²) in [7, 11) is 1.68. The number of hydrogen-bond donors (Lipinski definition) is 0. The molecule has 0 N–H and O–H groups in total. The molecule has 1 aliphatic rings. The molecule has 2 heterocycles. The van der Waals surface area contributed by atoms with Crippen LogP contribution in [-0.4, -0.2) is 33.3 Å². The quantitative estimate of drug-likeness (QED) is 0.781. The summed E-state index contributed by atoms with van der Waals surface area (Å²) < 4.78 is 1.47. The number of amides is 1. The van der Waals surface area contributed by atoms with E-state index in [0.717, 1.165) is 31.1 Å². The molecule has 1 aromatic heterocycles. The van der Waals surface area contributed by atoms with Crippen LogP contribution >= 0.6 is 15.9 Å². The standard InChI is InChI=1S/C13H17BrN2O2/c1-15-7-5-10(8-12(15)17)13(18)16-6-3-2-4-11(16)9-14/h5,7-8,11H,2-4,6,9H2,1H3. The molecule has 1 fully saturated rings. The summed E-state index contributed by atoms with van der Waals surface area (Å²) in [4.78, 5) is 25.8. The molecule has 1 amide bonds. The number of alkyl halides is 1. The first-order chi connectivity index (χ1) is 8.63. The highest BCUT2D eigenvalue weighted by Crippen LogP contribution is 2.20. The summed E-state index contributed by atoms with van der Waals surface area (Å²) in [6, 6.07) is 3.38. The van der Waals surface area contributed by atoms with E-state index in [1.165, 1.54) is 10.6 Å². The molecule has 0 aromatic carbocycles. The van der Waals surface area contributed by atoms with Crippen molar-refractivity contribution < 1.29 is 4.79 Å². The monoisotopic (exact) mass is 312 g/mol. The lowest BCUT2D eigenvalue weighted by Crippen LogP contribution is -2.44. The number of hydrogen-bond acceptors (Lipinski definition) is 2. The van der Waals surface area contributed by atoms with Crippen LogP contribution in [0.1, 0.15) is 29.6 Å². The van der Waals surface area contributed by atoms with Crippen molar-refractivity contribution in [3.05, 3.63) is 34.2 Å². The molecule has 5 heteroatoms. The normalized spacial score (nSPS) is 19.9. The Balaban J connectivity index is 2.24. The number of likely N-dealkylation sites (tertiary alicyclic amines) is 1. The number of halogens is 1. The zero-order chi connectivity index (χ0) is 13.1. The van der Waals surface area contributed by atoms with Crippen LogP contribution in [0.25, 0.3) is 0 Å². The van der Waals surface area contributed by atoms with Gasteiger partial charge in [0.15, 0.2) is 0 Å². The molecule has 4 nitrogen and oxygen atoms in total. The van der Waals surface area contributed by atoms with Gasteiger partial charge in [-0.3, -0.25) is 9.59 Å². The maximum Gasteiger partial charge on any atom is 0.254 e. The maximum atomic E-state index is 12.4. The van der Waals surface area contributed by atoms with E-state index < -0.39 is 0 Å². The van der Waals surface area contributed by atoms with Gasteiger partial charge in [-0.15, -0.1) is 0 Å². The predicted molar refractivity (Wildman–Crippen MR) is 74.2 cm³/mol. The highest BCUT2D eigenvalue weighted by molar-refractivity contribution is 9.09. The van der Waals surface area contributed by atoms with E-state index in [2.05, 4.69) is 15.9 Å². The van der Waals surface area contributed by atoms with Crippen molar-refractivity contribution in [2.45, 2.75) is 25.3 Å². The first kappa shape index (κ1) is 13.3. The number of carbonyl (C=O) groups is 1. The molecular weight excluding hydrogens is 296 g/mol. The summed E-state index contributed by atoms with van der Waals surface area (Å²) >= 11 is 3.46. The van der Waals surface area contributed by atoms with Crippen molar-refractivity contribution in [3.63, 3.8) is 0 Å². The van der Waals surface area contributed by atoms with E-state index >= 15 is 0 Å². The molecule has 0 spiro atoms. The Hall–Kier alpha value is -1.10. The molecule has 18 heavy (non-hydrogen) atoms. The average Bonchev–Trinajstić information content (AvgIpc) is 2.41. The Labute approximate surface area is 115 Å². The molecular formula is C13H17BrN2O2. The molecule has 1 atom stereocenters. The lowest BCUT2D eigenvalue weighted by atomic mass is 10.0. The Kier molecular flexibility index (Phi) is 4.22. The van der Waals surface area contributed by atoms with Gasteiger partial charge in [0.05, 0.1) is 0 Å². The van der Waals surface area contributed by atoms with Gasteiger partial charge in [0.25, 0.3) is 11.5 Å². The Morgan fingerprint density at radius 2 is 2.28 bits per heavy atom. The van der Waals surface area contributed by atoms with Crippen molar-refractivity contribution >= 4 is 21.8 Å². The van der Waals surface area contributed by atoms with Crippen molar-refractivity contribution in [3.8, 4) is 0 Å². The zero-order valence-electron chi connectivity index (χ0n) is 10.4. The van der Waals surface area contributed by atoms with Crippen LogP contribution < -0.4 is 5.56 Å². The van der Waals surface area contributed by atoms with Crippen molar-refractivity contribution in [1.29, 1.82) is 0 Å².